The fraction of sp³-hybridized carbons (Fsp3) is 0.167. The van der Waals surface area contributed by atoms with E-state index in [0.29, 0.717) is 41.2 Å². The molecule has 0 saturated carbocycles. The number of rotatable bonds is 11. The number of hydrogen-bond acceptors (Lipinski definition) is 12. The van der Waals surface area contributed by atoms with Crippen LogP contribution < -0.4 is 32.5 Å². The average Bonchev–Trinajstić information content (AvgIpc) is 3.15. The molecule has 60 heavy (non-hydrogen) atoms. The Kier molecular flexibility index (Phi) is 10.7. The maximum absolute atomic E-state index is 15.6. The van der Waals surface area contributed by atoms with Gasteiger partial charge >= 0.3 is 11.9 Å². The van der Waals surface area contributed by atoms with Crippen molar-refractivity contribution in [2.24, 2.45) is 0 Å². The zero-order valence-electron chi connectivity index (χ0n) is 29.7. The number of nitrogen functional groups attached to an aromatic ring is 2. The molecule has 16 nitrogen and oxygen atoms in total. The van der Waals surface area contributed by atoms with Gasteiger partial charge < -0.3 is 41.7 Å². The first kappa shape index (κ1) is 41.5. The molecule has 7 rings (SSSR count). The molecular weight excluding hydrogens is 857 g/mol. The number of anilines is 4. The molecule has 0 amide bonds. The second kappa shape index (κ2) is 15.5. The van der Waals surface area contributed by atoms with Gasteiger partial charge in [0, 0.05) is 44.2 Å². The van der Waals surface area contributed by atoms with E-state index < -0.39 is 149 Å². The van der Waals surface area contributed by atoms with Crippen molar-refractivity contribution in [1.29, 1.82) is 0 Å². The predicted molar refractivity (Wildman–Crippen MR) is 204 cm³/mol. The van der Waals surface area contributed by atoms with E-state index in [1.54, 1.807) is 0 Å². The number of aliphatic hydroxyl groups is 1. The van der Waals surface area contributed by atoms with Crippen molar-refractivity contribution in [3.05, 3.63) is 113 Å². The molecule has 6 aromatic rings. The first-order valence-electron chi connectivity index (χ1n) is 16.9. The van der Waals surface area contributed by atoms with Gasteiger partial charge in [0.05, 0.1) is 62.0 Å². The van der Waals surface area contributed by atoms with Gasteiger partial charge in [-0.25, -0.2) is 45.9 Å². The molecule has 8 N–H and O–H groups in total. The number of ether oxygens (including phenoxy) is 1. The van der Waals surface area contributed by atoms with Crippen molar-refractivity contribution in [3.8, 4) is 11.6 Å². The third-order valence-corrected chi connectivity index (χ3v) is 10.1. The van der Waals surface area contributed by atoms with Gasteiger partial charge in [-0.05, 0) is 12.1 Å². The summed E-state index contributed by atoms with van der Waals surface area (Å²) in [5.74, 6) is -14.0. The van der Waals surface area contributed by atoms with Crippen LogP contribution in [0.15, 0.2) is 46.2 Å². The number of nitrogens with one attached hydrogen (secondary N) is 1. The molecule has 2 aromatic carbocycles. The number of benzene rings is 2. The first-order valence-corrected chi connectivity index (χ1v) is 17.7. The van der Waals surface area contributed by atoms with Gasteiger partial charge in [0.15, 0.2) is 46.5 Å². The topological polar surface area (TPSA) is 241 Å². The van der Waals surface area contributed by atoms with E-state index in [2.05, 4.69) is 15.3 Å². The number of carboxylic acids is 2. The van der Waals surface area contributed by atoms with Crippen molar-refractivity contribution >= 4 is 80.0 Å². The van der Waals surface area contributed by atoms with Crippen molar-refractivity contribution in [2.75, 3.05) is 47.9 Å². The van der Waals surface area contributed by atoms with Crippen molar-refractivity contribution in [3.63, 3.8) is 0 Å². The predicted octanol–water partition coefficient (Wildman–Crippen LogP) is 4.47. The lowest BCUT2D eigenvalue weighted by Crippen LogP contribution is -2.53. The van der Waals surface area contributed by atoms with Gasteiger partial charge in [-0.15, -0.1) is 0 Å². The van der Waals surface area contributed by atoms with Gasteiger partial charge in [-0.3, -0.25) is 18.7 Å². The summed E-state index contributed by atoms with van der Waals surface area (Å²) >= 11 is 13.1. The molecule has 1 saturated heterocycles. The smallest absolute Gasteiger partial charge is 0.341 e. The van der Waals surface area contributed by atoms with Gasteiger partial charge in [0.1, 0.15) is 22.8 Å². The van der Waals surface area contributed by atoms with Crippen LogP contribution in [0.1, 0.15) is 20.7 Å². The Morgan fingerprint density at radius 2 is 1.23 bits per heavy atom. The van der Waals surface area contributed by atoms with Gasteiger partial charge in [-0.1, -0.05) is 23.2 Å². The minimum Gasteiger partial charge on any atom is -0.477 e. The summed E-state index contributed by atoms with van der Waals surface area (Å²) in [7, 11) is 0. The number of carboxylic acid groups (broad SMARTS) is 2. The van der Waals surface area contributed by atoms with Gasteiger partial charge in [0.2, 0.25) is 10.9 Å². The zero-order valence-corrected chi connectivity index (χ0v) is 31.3. The van der Waals surface area contributed by atoms with E-state index in [4.69, 9.17) is 39.4 Å². The van der Waals surface area contributed by atoms with Gasteiger partial charge in [0.25, 0.3) is 0 Å². The minimum atomic E-state index is -1.77. The van der Waals surface area contributed by atoms with Crippen LogP contribution in [0, 0.1) is 34.9 Å². The Morgan fingerprint density at radius 3 is 1.72 bits per heavy atom. The molecule has 24 heteroatoms. The molecule has 0 bridgehead atoms. The van der Waals surface area contributed by atoms with Crippen LogP contribution in [0.4, 0.5) is 49.4 Å². The lowest BCUT2D eigenvalue weighted by molar-refractivity contribution is -0.0161. The highest BCUT2D eigenvalue weighted by atomic mass is 35.5. The molecule has 5 heterocycles. The summed E-state index contributed by atoms with van der Waals surface area (Å²) in [6.45, 7) is -1.03. The van der Waals surface area contributed by atoms with E-state index in [9.17, 15) is 52.1 Å². The number of hydrogen-bond donors (Lipinski definition) is 6. The standard InChI is InChI=1S/C36H24Cl2F6N8O8/c37-23-25(17(39)1-13-26(23)51(8-15(29(13)54)35(56)57)33-21(43)3-19(41)31(45)48-33)47-5-11(53)10-60-12-6-50(7-12)28-18(40)2-14-27(24(28)38)52(9-16(30(14)55)36(58)59)34-22(44)4-20(42)32(46)49-34/h1-4,8-9,11-12,47,53H,5-7,10H2,(H2,45,48)(H2,46,49)(H,56,57)(H,58,59)/t11-/m1/s1. The van der Waals surface area contributed by atoms with Crippen LogP contribution in [0.25, 0.3) is 33.4 Å². The fourth-order valence-electron chi connectivity index (χ4n) is 6.44. The number of nitrogens with zero attached hydrogens (tertiary/aromatic N) is 5. The first-order chi connectivity index (χ1) is 28.3. The van der Waals surface area contributed by atoms with Crippen LogP contribution in [0.2, 0.25) is 10.0 Å². The molecule has 1 aliphatic rings. The number of nitrogens with two attached hydrogens (primary N) is 2. The van der Waals surface area contributed by atoms with Crippen LogP contribution in [0.5, 0.6) is 0 Å². The summed E-state index contributed by atoms with van der Waals surface area (Å²) < 4.78 is 95.9. The summed E-state index contributed by atoms with van der Waals surface area (Å²) in [5.41, 5.74) is 5.12. The largest absolute Gasteiger partial charge is 0.477 e. The molecule has 0 aliphatic carbocycles. The summed E-state index contributed by atoms with van der Waals surface area (Å²) in [5, 5.41) is 30.2. The molecule has 1 fully saturated rings. The molecule has 0 spiro atoms. The van der Waals surface area contributed by atoms with Crippen molar-refractivity contribution in [1.82, 2.24) is 19.1 Å². The molecule has 1 aliphatic heterocycles. The molecule has 312 valence electrons. The fourth-order valence-corrected chi connectivity index (χ4v) is 7.19. The highest BCUT2D eigenvalue weighted by Gasteiger charge is 2.34. The third-order valence-electron chi connectivity index (χ3n) is 9.33. The lowest BCUT2D eigenvalue weighted by Gasteiger charge is -2.41. The van der Waals surface area contributed by atoms with Crippen molar-refractivity contribution < 1.29 is 56.0 Å². The van der Waals surface area contributed by atoms with E-state index in [0.717, 1.165) is 4.57 Å². The quantitative estimate of drug-likeness (QED) is 0.0986. The SMILES string of the molecule is Nc1nc(-n2cc(C(=O)O)c(=O)c3cc(F)c(NC[C@@H](O)COC4CN(c5c(F)cc6c(=O)c(C(=O)O)cn(-c7nc(N)c(F)cc7F)c6c5Cl)C4)c(Cl)c32)c(F)cc1F. The van der Waals surface area contributed by atoms with Crippen LogP contribution in [0.3, 0.4) is 0 Å². The third kappa shape index (κ3) is 7.12. The summed E-state index contributed by atoms with van der Waals surface area (Å²) in [6.07, 6.45) is -0.757. The second-order valence-corrected chi connectivity index (χ2v) is 13.9. The highest BCUT2D eigenvalue weighted by molar-refractivity contribution is 6.38. The lowest BCUT2D eigenvalue weighted by atomic mass is 10.1. The number of aromatic nitrogens is 4. The van der Waals surface area contributed by atoms with Crippen LogP contribution in [-0.4, -0.2) is 84.8 Å². The number of carbonyl (C=O) groups is 2. The Labute approximate surface area is 339 Å². The Bertz CT molecular complexity index is 2960. The number of aliphatic hydroxyl groups excluding tert-OH is 1. The van der Waals surface area contributed by atoms with Crippen molar-refractivity contribution in [2.45, 2.75) is 12.2 Å². The highest BCUT2D eigenvalue weighted by Crippen LogP contribution is 2.39. The van der Waals surface area contributed by atoms with E-state index in [-0.39, 0.29) is 24.3 Å². The molecule has 4 aromatic heterocycles. The molecule has 0 unspecified atom stereocenters. The molecule has 1 atom stereocenters. The normalized spacial score (nSPS) is 13.5. The minimum absolute atomic E-state index is 0.0741. The maximum atomic E-state index is 15.6. The molecule has 0 radical (unpaired) electrons. The Hall–Kier alpha value is -6.62. The summed E-state index contributed by atoms with van der Waals surface area (Å²) in [6, 6.07) is 2.04. The number of halogens is 8. The van der Waals surface area contributed by atoms with E-state index >= 15 is 8.78 Å². The number of aromatic carboxylic acids is 2. The van der Waals surface area contributed by atoms with Crippen LogP contribution >= 0.6 is 23.2 Å². The number of pyridine rings is 4. The second-order valence-electron chi connectivity index (χ2n) is 13.2. The number of fused-ring (bicyclic) bond motifs is 2. The average molecular weight is 882 g/mol. The van der Waals surface area contributed by atoms with Crippen LogP contribution in [-0.2, 0) is 4.74 Å². The maximum Gasteiger partial charge on any atom is 0.341 e. The van der Waals surface area contributed by atoms with E-state index in [1.807, 2.05) is 0 Å². The zero-order chi connectivity index (χ0) is 43.6. The monoisotopic (exact) mass is 880 g/mol. The molecular formula is C36H24Cl2F6N8O8. The van der Waals surface area contributed by atoms with Gasteiger partial charge in [-0.2, -0.15) is 0 Å². The Morgan fingerprint density at radius 1 is 0.767 bits per heavy atom. The Balaban J connectivity index is 1.10. The summed E-state index contributed by atoms with van der Waals surface area (Å²) in [4.78, 5) is 58.3. The van der Waals surface area contributed by atoms with E-state index in [1.165, 1.54) is 4.90 Å².